The fourth-order valence-electron chi connectivity index (χ4n) is 2.31. The fraction of sp³-hybridized carbons (Fsp3) is 0.571. The number of hydrogen-bond donors (Lipinski definition) is 1. The Morgan fingerprint density at radius 1 is 1.41 bits per heavy atom. The van der Waals surface area contributed by atoms with Crippen molar-refractivity contribution in [3.63, 3.8) is 0 Å². The fourth-order valence-corrected chi connectivity index (χ4v) is 2.31. The number of ether oxygens (including phenoxy) is 1. The summed E-state index contributed by atoms with van der Waals surface area (Å²) in [6.45, 7) is 5.78. The smallest absolute Gasteiger partial charge is 0.106 e. The van der Waals surface area contributed by atoms with Crippen molar-refractivity contribution in [2.24, 2.45) is 0 Å². The number of hydrogen-bond acceptors (Lipinski definition) is 3. The first-order valence-electron chi connectivity index (χ1n) is 6.38. The molecule has 3 nitrogen and oxygen atoms in total. The van der Waals surface area contributed by atoms with E-state index in [9.17, 15) is 5.11 Å². The SMILES string of the molecule is CCCN1CCOC(C(O)c2ccccc2)C1. The van der Waals surface area contributed by atoms with Crippen LogP contribution in [-0.2, 0) is 4.74 Å². The second-order valence-electron chi connectivity index (χ2n) is 4.57. The molecule has 94 valence electrons. The van der Waals surface area contributed by atoms with E-state index in [0.717, 1.165) is 31.6 Å². The largest absolute Gasteiger partial charge is 0.386 e. The molecule has 1 heterocycles. The highest BCUT2D eigenvalue weighted by molar-refractivity contribution is 5.18. The zero-order valence-electron chi connectivity index (χ0n) is 10.4. The topological polar surface area (TPSA) is 32.7 Å². The van der Waals surface area contributed by atoms with Gasteiger partial charge in [0.05, 0.1) is 6.61 Å². The van der Waals surface area contributed by atoms with Gasteiger partial charge in [-0.05, 0) is 18.5 Å². The molecule has 1 aliphatic rings. The van der Waals surface area contributed by atoms with Crippen LogP contribution in [0, 0.1) is 0 Å². The Kier molecular flexibility index (Phi) is 4.54. The Bertz CT molecular complexity index is 326. The Labute approximate surface area is 103 Å². The van der Waals surface area contributed by atoms with Crippen molar-refractivity contribution in [3.8, 4) is 0 Å². The molecule has 17 heavy (non-hydrogen) atoms. The summed E-state index contributed by atoms with van der Waals surface area (Å²) < 4.78 is 5.68. The molecule has 2 rings (SSSR count). The van der Waals surface area contributed by atoms with Crippen LogP contribution in [0.1, 0.15) is 25.0 Å². The first kappa shape index (κ1) is 12.6. The molecule has 1 fully saturated rings. The molecule has 3 heteroatoms. The van der Waals surface area contributed by atoms with Gasteiger partial charge >= 0.3 is 0 Å². The lowest BCUT2D eigenvalue weighted by atomic mass is 10.0. The number of morpholine rings is 1. The van der Waals surface area contributed by atoms with E-state index in [1.807, 2.05) is 30.3 Å². The van der Waals surface area contributed by atoms with Crippen LogP contribution in [0.3, 0.4) is 0 Å². The van der Waals surface area contributed by atoms with Crippen LogP contribution in [0.15, 0.2) is 30.3 Å². The van der Waals surface area contributed by atoms with Crippen LogP contribution in [0.4, 0.5) is 0 Å². The zero-order valence-corrected chi connectivity index (χ0v) is 10.4. The van der Waals surface area contributed by atoms with Crippen LogP contribution in [0.2, 0.25) is 0 Å². The maximum Gasteiger partial charge on any atom is 0.106 e. The second-order valence-corrected chi connectivity index (χ2v) is 4.57. The Balaban J connectivity index is 1.97. The molecular formula is C14H21NO2. The standard InChI is InChI=1S/C14H21NO2/c1-2-8-15-9-10-17-13(11-15)14(16)12-6-4-3-5-7-12/h3-7,13-14,16H,2,8-11H2,1H3. The van der Waals surface area contributed by atoms with Crippen LogP contribution < -0.4 is 0 Å². The lowest BCUT2D eigenvalue weighted by Crippen LogP contribution is -2.45. The normalized spacial score (nSPS) is 23.5. The number of aliphatic hydroxyl groups is 1. The molecular weight excluding hydrogens is 214 g/mol. The minimum Gasteiger partial charge on any atom is -0.386 e. The summed E-state index contributed by atoms with van der Waals surface area (Å²) in [5.74, 6) is 0. The minimum atomic E-state index is -0.518. The van der Waals surface area contributed by atoms with Gasteiger partial charge in [-0.1, -0.05) is 37.3 Å². The lowest BCUT2D eigenvalue weighted by molar-refractivity contribution is -0.0898. The number of benzene rings is 1. The average Bonchev–Trinajstić information content (AvgIpc) is 2.40. The zero-order chi connectivity index (χ0) is 12.1. The molecule has 0 saturated carbocycles. The number of rotatable bonds is 4. The summed E-state index contributed by atoms with van der Waals surface area (Å²) in [6, 6.07) is 9.76. The third kappa shape index (κ3) is 3.28. The molecule has 1 aromatic rings. The average molecular weight is 235 g/mol. The molecule has 0 aromatic heterocycles. The van der Waals surface area contributed by atoms with Gasteiger partial charge in [-0.25, -0.2) is 0 Å². The second kappa shape index (κ2) is 6.15. The molecule has 2 unspecified atom stereocenters. The summed E-state index contributed by atoms with van der Waals surface area (Å²) in [4.78, 5) is 2.36. The van der Waals surface area contributed by atoms with Crippen LogP contribution in [0.25, 0.3) is 0 Å². The highest BCUT2D eigenvalue weighted by Gasteiger charge is 2.27. The third-order valence-electron chi connectivity index (χ3n) is 3.21. The monoisotopic (exact) mass is 235 g/mol. The van der Waals surface area contributed by atoms with Crippen molar-refractivity contribution >= 4 is 0 Å². The summed E-state index contributed by atoms with van der Waals surface area (Å²) in [7, 11) is 0. The summed E-state index contributed by atoms with van der Waals surface area (Å²) in [5, 5.41) is 10.3. The van der Waals surface area contributed by atoms with Crippen LogP contribution in [0.5, 0.6) is 0 Å². The number of nitrogens with zero attached hydrogens (tertiary/aromatic N) is 1. The van der Waals surface area contributed by atoms with E-state index >= 15 is 0 Å². The quantitative estimate of drug-likeness (QED) is 0.864. The first-order valence-corrected chi connectivity index (χ1v) is 6.38. The van der Waals surface area contributed by atoms with E-state index in [0.29, 0.717) is 6.61 Å². The van der Waals surface area contributed by atoms with E-state index < -0.39 is 6.10 Å². The minimum absolute atomic E-state index is 0.0994. The molecule has 1 N–H and O–H groups in total. The van der Waals surface area contributed by atoms with Crippen LogP contribution in [-0.4, -0.2) is 42.4 Å². The van der Waals surface area contributed by atoms with Crippen LogP contribution >= 0.6 is 0 Å². The lowest BCUT2D eigenvalue weighted by Gasteiger charge is -2.35. The molecule has 1 aromatic carbocycles. The first-order chi connectivity index (χ1) is 8.31. The Morgan fingerprint density at radius 3 is 2.88 bits per heavy atom. The van der Waals surface area contributed by atoms with Gasteiger partial charge in [0.1, 0.15) is 12.2 Å². The molecule has 0 radical (unpaired) electrons. The maximum atomic E-state index is 10.3. The predicted molar refractivity (Wildman–Crippen MR) is 67.9 cm³/mol. The number of aliphatic hydroxyl groups excluding tert-OH is 1. The Morgan fingerprint density at radius 2 is 2.18 bits per heavy atom. The highest BCUT2D eigenvalue weighted by Crippen LogP contribution is 2.22. The van der Waals surface area contributed by atoms with Gasteiger partial charge in [0.15, 0.2) is 0 Å². The van der Waals surface area contributed by atoms with E-state index in [1.54, 1.807) is 0 Å². The summed E-state index contributed by atoms with van der Waals surface area (Å²) in [6.07, 6.45) is 0.530. The van der Waals surface area contributed by atoms with Crippen molar-refractivity contribution < 1.29 is 9.84 Å². The highest BCUT2D eigenvalue weighted by atomic mass is 16.5. The van der Waals surface area contributed by atoms with Gasteiger partial charge in [-0.2, -0.15) is 0 Å². The molecule has 0 amide bonds. The van der Waals surface area contributed by atoms with Gasteiger partial charge in [0.25, 0.3) is 0 Å². The van der Waals surface area contributed by atoms with Crippen molar-refractivity contribution in [1.82, 2.24) is 4.90 Å². The molecule has 0 bridgehead atoms. The molecule has 0 aliphatic carbocycles. The summed E-state index contributed by atoms with van der Waals surface area (Å²) in [5.41, 5.74) is 0.941. The molecule has 1 saturated heterocycles. The van der Waals surface area contributed by atoms with Gasteiger partial charge in [-0.3, -0.25) is 4.90 Å². The van der Waals surface area contributed by atoms with E-state index in [-0.39, 0.29) is 6.10 Å². The summed E-state index contributed by atoms with van der Waals surface area (Å²) >= 11 is 0. The predicted octanol–water partition coefficient (Wildman–Crippen LogP) is 1.83. The molecule has 2 atom stereocenters. The van der Waals surface area contributed by atoms with E-state index in [2.05, 4.69) is 11.8 Å². The Hall–Kier alpha value is -0.900. The van der Waals surface area contributed by atoms with E-state index in [4.69, 9.17) is 4.74 Å². The van der Waals surface area contributed by atoms with Gasteiger partial charge in [-0.15, -0.1) is 0 Å². The maximum absolute atomic E-state index is 10.3. The third-order valence-corrected chi connectivity index (χ3v) is 3.21. The van der Waals surface area contributed by atoms with Gasteiger partial charge in [0, 0.05) is 13.1 Å². The van der Waals surface area contributed by atoms with Crippen molar-refractivity contribution in [3.05, 3.63) is 35.9 Å². The van der Waals surface area contributed by atoms with E-state index in [1.165, 1.54) is 0 Å². The van der Waals surface area contributed by atoms with Crippen molar-refractivity contribution in [2.45, 2.75) is 25.6 Å². The van der Waals surface area contributed by atoms with Crippen molar-refractivity contribution in [2.75, 3.05) is 26.2 Å². The van der Waals surface area contributed by atoms with Gasteiger partial charge < -0.3 is 9.84 Å². The molecule has 1 aliphatic heterocycles. The van der Waals surface area contributed by atoms with Crippen molar-refractivity contribution in [1.29, 1.82) is 0 Å². The molecule has 0 spiro atoms. The van der Waals surface area contributed by atoms with Gasteiger partial charge in [0.2, 0.25) is 0 Å².